The van der Waals surface area contributed by atoms with Gasteiger partial charge in [0.2, 0.25) is 5.91 Å². The molecule has 1 amide bonds. The third-order valence-electron chi connectivity index (χ3n) is 3.63. The van der Waals surface area contributed by atoms with E-state index in [-0.39, 0.29) is 11.9 Å². The van der Waals surface area contributed by atoms with Gasteiger partial charge in [-0.2, -0.15) is 0 Å². The van der Waals surface area contributed by atoms with Gasteiger partial charge in [0.1, 0.15) is 0 Å². The van der Waals surface area contributed by atoms with Crippen LogP contribution in [0.25, 0.3) is 0 Å². The van der Waals surface area contributed by atoms with E-state index in [1.807, 2.05) is 75.4 Å². The van der Waals surface area contributed by atoms with Crippen LogP contribution in [0.2, 0.25) is 0 Å². The highest BCUT2D eigenvalue weighted by Crippen LogP contribution is 2.14. The number of hydrogen-bond donors (Lipinski definition) is 1. The lowest BCUT2D eigenvalue weighted by molar-refractivity contribution is -0.121. The Morgan fingerprint density at radius 1 is 1.18 bits per heavy atom. The first kappa shape index (κ1) is 16.0. The van der Waals surface area contributed by atoms with E-state index >= 15 is 0 Å². The Labute approximate surface area is 132 Å². The number of nitrogens with one attached hydrogen (secondary N) is 1. The van der Waals surface area contributed by atoms with Gasteiger partial charge >= 0.3 is 0 Å². The van der Waals surface area contributed by atoms with Crippen LogP contribution in [0.4, 0.5) is 5.69 Å². The van der Waals surface area contributed by atoms with Crippen molar-refractivity contribution in [2.24, 2.45) is 0 Å². The Morgan fingerprint density at radius 3 is 2.41 bits per heavy atom. The molecule has 0 saturated carbocycles. The normalized spacial score (nSPS) is 11.8. The molecular weight excluding hydrogens is 274 g/mol. The number of amides is 1. The highest BCUT2D eigenvalue weighted by atomic mass is 16.1. The summed E-state index contributed by atoms with van der Waals surface area (Å²) in [5.74, 6) is 0.0191. The van der Waals surface area contributed by atoms with Gasteiger partial charge in [-0.3, -0.25) is 9.78 Å². The van der Waals surface area contributed by atoms with Crippen molar-refractivity contribution in [1.82, 2.24) is 10.3 Å². The van der Waals surface area contributed by atoms with Crippen LogP contribution in [0.5, 0.6) is 0 Å². The van der Waals surface area contributed by atoms with Crippen molar-refractivity contribution in [3.8, 4) is 0 Å². The fourth-order valence-electron chi connectivity index (χ4n) is 2.21. The molecule has 0 aliphatic rings. The maximum atomic E-state index is 12.1. The fourth-order valence-corrected chi connectivity index (χ4v) is 2.21. The number of anilines is 1. The molecule has 22 heavy (non-hydrogen) atoms. The predicted molar refractivity (Wildman–Crippen MR) is 90.0 cm³/mol. The topological polar surface area (TPSA) is 45.2 Å². The SMILES string of the molecule is Cc1ccc([C@@H](C)NC(=O)Cc2ccc(N(C)C)cc2)cn1. The van der Waals surface area contributed by atoms with Crippen molar-refractivity contribution in [3.63, 3.8) is 0 Å². The van der Waals surface area contributed by atoms with Crippen LogP contribution in [0, 0.1) is 6.92 Å². The van der Waals surface area contributed by atoms with Gasteiger partial charge in [-0.1, -0.05) is 18.2 Å². The Bertz CT molecular complexity index is 618. The summed E-state index contributed by atoms with van der Waals surface area (Å²) in [5.41, 5.74) is 4.13. The third kappa shape index (κ3) is 4.32. The van der Waals surface area contributed by atoms with E-state index in [9.17, 15) is 4.79 Å². The first-order valence-corrected chi connectivity index (χ1v) is 7.44. The van der Waals surface area contributed by atoms with Gasteiger partial charge in [-0.05, 0) is 43.2 Å². The van der Waals surface area contributed by atoms with Gasteiger partial charge in [0, 0.05) is 31.7 Å². The maximum absolute atomic E-state index is 12.1. The third-order valence-corrected chi connectivity index (χ3v) is 3.63. The zero-order valence-corrected chi connectivity index (χ0v) is 13.6. The van der Waals surface area contributed by atoms with Crippen molar-refractivity contribution in [2.75, 3.05) is 19.0 Å². The lowest BCUT2D eigenvalue weighted by atomic mass is 10.1. The Kier molecular flexibility index (Phi) is 5.15. The number of carbonyl (C=O) groups is 1. The largest absolute Gasteiger partial charge is 0.378 e. The fraction of sp³-hybridized carbons (Fsp3) is 0.333. The molecule has 2 rings (SSSR count). The van der Waals surface area contributed by atoms with E-state index < -0.39 is 0 Å². The average Bonchev–Trinajstić information content (AvgIpc) is 2.48. The first-order valence-electron chi connectivity index (χ1n) is 7.44. The molecule has 0 aliphatic heterocycles. The molecule has 0 aliphatic carbocycles. The standard InChI is InChI=1S/C18H23N3O/c1-13-5-8-16(12-19-13)14(2)20-18(22)11-15-6-9-17(10-7-15)21(3)4/h5-10,12,14H,11H2,1-4H3,(H,20,22)/t14-/m1/s1. The van der Waals surface area contributed by atoms with Gasteiger partial charge in [0.05, 0.1) is 12.5 Å². The number of rotatable bonds is 5. The predicted octanol–water partition coefficient (Wildman–Crippen LogP) is 2.88. The van der Waals surface area contributed by atoms with Gasteiger partial charge in [-0.25, -0.2) is 0 Å². The number of nitrogens with zero attached hydrogens (tertiary/aromatic N) is 2. The van der Waals surface area contributed by atoms with Crippen LogP contribution in [0.15, 0.2) is 42.6 Å². The Hall–Kier alpha value is -2.36. The molecule has 1 N–H and O–H groups in total. The Morgan fingerprint density at radius 2 is 1.86 bits per heavy atom. The summed E-state index contributed by atoms with van der Waals surface area (Å²) in [6, 6.07) is 11.9. The van der Waals surface area contributed by atoms with E-state index in [1.54, 1.807) is 0 Å². The summed E-state index contributed by atoms with van der Waals surface area (Å²) in [7, 11) is 4.00. The molecule has 0 fully saturated rings. The van der Waals surface area contributed by atoms with E-state index in [1.165, 1.54) is 0 Å². The van der Waals surface area contributed by atoms with Crippen LogP contribution >= 0.6 is 0 Å². The number of carbonyl (C=O) groups excluding carboxylic acids is 1. The van der Waals surface area contributed by atoms with Crippen molar-refractivity contribution in [2.45, 2.75) is 26.3 Å². The van der Waals surface area contributed by atoms with Crippen LogP contribution in [-0.2, 0) is 11.2 Å². The summed E-state index contributed by atoms with van der Waals surface area (Å²) in [6.45, 7) is 3.92. The monoisotopic (exact) mass is 297 g/mol. The molecule has 0 spiro atoms. The smallest absolute Gasteiger partial charge is 0.224 e. The van der Waals surface area contributed by atoms with Crippen LogP contribution in [0.1, 0.15) is 29.8 Å². The zero-order chi connectivity index (χ0) is 16.1. The number of pyridine rings is 1. The maximum Gasteiger partial charge on any atom is 0.224 e. The zero-order valence-electron chi connectivity index (χ0n) is 13.6. The lowest BCUT2D eigenvalue weighted by Gasteiger charge is -2.15. The molecule has 0 saturated heterocycles. The molecule has 4 nitrogen and oxygen atoms in total. The molecule has 1 aromatic carbocycles. The molecule has 0 bridgehead atoms. The summed E-state index contributed by atoms with van der Waals surface area (Å²) in [6.07, 6.45) is 2.20. The number of hydrogen-bond acceptors (Lipinski definition) is 3. The number of benzene rings is 1. The molecule has 2 aromatic rings. The number of aryl methyl sites for hydroxylation is 1. The molecule has 1 aromatic heterocycles. The van der Waals surface area contributed by atoms with E-state index in [0.29, 0.717) is 6.42 Å². The van der Waals surface area contributed by atoms with E-state index in [4.69, 9.17) is 0 Å². The van der Waals surface area contributed by atoms with Gasteiger partial charge in [-0.15, -0.1) is 0 Å². The molecule has 1 heterocycles. The summed E-state index contributed by atoms with van der Waals surface area (Å²) >= 11 is 0. The highest BCUT2D eigenvalue weighted by Gasteiger charge is 2.10. The van der Waals surface area contributed by atoms with E-state index in [0.717, 1.165) is 22.5 Å². The quantitative estimate of drug-likeness (QED) is 0.923. The summed E-state index contributed by atoms with van der Waals surface area (Å²) < 4.78 is 0. The molecule has 4 heteroatoms. The molecule has 116 valence electrons. The Balaban J connectivity index is 1.93. The van der Waals surface area contributed by atoms with E-state index in [2.05, 4.69) is 10.3 Å². The van der Waals surface area contributed by atoms with Crippen molar-refractivity contribution < 1.29 is 4.79 Å². The molecule has 0 radical (unpaired) electrons. The second-order valence-corrected chi connectivity index (χ2v) is 5.76. The van der Waals surface area contributed by atoms with Gasteiger partial charge in [0.25, 0.3) is 0 Å². The molecule has 0 unspecified atom stereocenters. The van der Waals surface area contributed by atoms with Crippen LogP contribution in [-0.4, -0.2) is 25.0 Å². The second kappa shape index (κ2) is 7.07. The van der Waals surface area contributed by atoms with Crippen LogP contribution < -0.4 is 10.2 Å². The minimum absolute atomic E-state index is 0.0191. The van der Waals surface area contributed by atoms with Crippen molar-refractivity contribution in [3.05, 3.63) is 59.4 Å². The van der Waals surface area contributed by atoms with Crippen LogP contribution in [0.3, 0.4) is 0 Å². The number of aromatic nitrogens is 1. The van der Waals surface area contributed by atoms with Gasteiger partial charge in [0.15, 0.2) is 0 Å². The second-order valence-electron chi connectivity index (χ2n) is 5.76. The highest BCUT2D eigenvalue weighted by molar-refractivity contribution is 5.79. The minimum atomic E-state index is -0.0401. The first-order chi connectivity index (χ1) is 10.5. The minimum Gasteiger partial charge on any atom is -0.378 e. The van der Waals surface area contributed by atoms with Gasteiger partial charge < -0.3 is 10.2 Å². The van der Waals surface area contributed by atoms with Crippen molar-refractivity contribution >= 4 is 11.6 Å². The summed E-state index contributed by atoms with van der Waals surface area (Å²) in [5, 5.41) is 3.01. The average molecular weight is 297 g/mol. The summed E-state index contributed by atoms with van der Waals surface area (Å²) in [4.78, 5) is 18.4. The molecular formula is C18H23N3O. The lowest BCUT2D eigenvalue weighted by Crippen LogP contribution is -2.28. The molecule has 1 atom stereocenters. The van der Waals surface area contributed by atoms with Crippen molar-refractivity contribution in [1.29, 1.82) is 0 Å².